The molecule has 1 atom stereocenters. The molecule has 0 spiro atoms. The third kappa shape index (κ3) is 2.94. The highest BCUT2D eigenvalue weighted by Gasteiger charge is 2.29. The number of carboxylic acid groups (broad SMARTS) is 1. The van der Waals surface area contributed by atoms with Gasteiger partial charge in [0.2, 0.25) is 0 Å². The van der Waals surface area contributed by atoms with Crippen LogP contribution in [-0.2, 0) is 16.0 Å². The molecule has 112 valence electrons. The van der Waals surface area contributed by atoms with Crippen LogP contribution in [0.5, 0.6) is 11.5 Å². The summed E-state index contributed by atoms with van der Waals surface area (Å²) >= 11 is 0. The molecule has 6 nitrogen and oxygen atoms in total. The molecule has 6 heteroatoms. The van der Waals surface area contributed by atoms with Crippen LogP contribution in [0, 0.1) is 0 Å². The van der Waals surface area contributed by atoms with Crippen molar-refractivity contribution in [2.24, 2.45) is 0 Å². The van der Waals surface area contributed by atoms with Gasteiger partial charge in [0.15, 0.2) is 12.7 Å². The van der Waals surface area contributed by atoms with Crippen molar-refractivity contribution in [1.29, 1.82) is 0 Å². The molecule has 3 rings (SSSR count). The average Bonchev–Trinajstić information content (AvgIpc) is 3.13. The van der Waals surface area contributed by atoms with Crippen LogP contribution >= 0.6 is 0 Å². The zero-order valence-corrected chi connectivity index (χ0v) is 11.6. The molecule has 1 aromatic carbocycles. The van der Waals surface area contributed by atoms with E-state index in [1.54, 1.807) is 23.1 Å². The first-order valence-corrected chi connectivity index (χ1v) is 7.06. The Morgan fingerprint density at radius 3 is 2.81 bits per heavy atom. The van der Waals surface area contributed by atoms with E-state index in [0.29, 0.717) is 17.9 Å². The number of likely N-dealkylation sites (tertiary alicyclic amines) is 1. The number of benzene rings is 1. The molecule has 1 fully saturated rings. The maximum atomic E-state index is 11.9. The molecule has 1 saturated heterocycles. The molecule has 1 amide bonds. The molecule has 0 saturated carbocycles. The summed E-state index contributed by atoms with van der Waals surface area (Å²) in [5.74, 6) is 0.0519. The summed E-state index contributed by atoms with van der Waals surface area (Å²) < 4.78 is 10.8. The molecule has 0 radical (unpaired) electrons. The van der Waals surface area contributed by atoms with E-state index in [9.17, 15) is 9.59 Å². The van der Waals surface area contributed by atoms with Crippen LogP contribution in [0.25, 0.3) is 0 Å². The van der Waals surface area contributed by atoms with E-state index in [0.717, 1.165) is 31.5 Å². The third-order valence-electron chi connectivity index (χ3n) is 3.81. The summed E-state index contributed by atoms with van der Waals surface area (Å²) in [6.45, 7) is 1.60. The van der Waals surface area contributed by atoms with E-state index in [1.807, 2.05) is 0 Å². The third-order valence-corrected chi connectivity index (χ3v) is 3.81. The van der Waals surface area contributed by atoms with Crippen molar-refractivity contribution in [2.45, 2.75) is 25.4 Å². The quantitative estimate of drug-likeness (QED) is 0.898. The Labute approximate surface area is 122 Å². The summed E-state index contributed by atoms with van der Waals surface area (Å²) in [4.78, 5) is 24.6. The molecule has 2 aliphatic heterocycles. The monoisotopic (exact) mass is 291 g/mol. The normalized spacial score (nSPS) is 20.0. The van der Waals surface area contributed by atoms with E-state index in [4.69, 9.17) is 14.6 Å². The van der Waals surface area contributed by atoms with Crippen LogP contribution in [0.3, 0.4) is 0 Å². The first kappa shape index (κ1) is 13.7. The molecule has 1 aromatic rings. The number of carbonyl (C=O) groups excluding carboxylic acids is 1. The topological polar surface area (TPSA) is 76.1 Å². The van der Waals surface area contributed by atoms with Gasteiger partial charge in [0, 0.05) is 25.6 Å². The number of fused-ring (bicyclic) bond motifs is 1. The Balaban J connectivity index is 1.59. The van der Waals surface area contributed by atoms with Gasteiger partial charge in [-0.05, 0) is 24.5 Å². The van der Waals surface area contributed by atoms with Gasteiger partial charge in [-0.3, -0.25) is 4.79 Å². The maximum absolute atomic E-state index is 11.9. The number of hydrogen-bond donors (Lipinski definition) is 1. The summed E-state index contributed by atoms with van der Waals surface area (Å²) in [5.41, 5.74) is 0.848. The predicted octanol–water partition coefficient (Wildman–Crippen LogP) is 1.08. The van der Waals surface area contributed by atoms with Crippen molar-refractivity contribution >= 4 is 11.9 Å². The minimum atomic E-state index is -0.974. The maximum Gasteiger partial charge on any atom is 0.345 e. The summed E-state index contributed by atoms with van der Waals surface area (Å²) in [6.07, 6.45) is 1.63. The molecular weight excluding hydrogens is 274 g/mol. The summed E-state index contributed by atoms with van der Waals surface area (Å²) in [6, 6.07) is 5.17. The Bertz CT molecular complexity index is 565. The van der Waals surface area contributed by atoms with Gasteiger partial charge in [-0.2, -0.15) is 0 Å². The van der Waals surface area contributed by atoms with Crippen molar-refractivity contribution < 1.29 is 24.2 Å². The fraction of sp³-hybridized carbons (Fsp3) is 0.467. The highest BCUT2D eigenvalue weighted by atomic mass is 16.5. The van der Waals surface area contributed by atoms with Crippen LogP contribution in [0.4, 0.5) is 0 Å². The number of carboxylic acids is 1. The van der Waals surface area contributed by atoms with Gasteiger partial charge in [0.05, 0.1) is 0 Å². The molecular formula is C15H17NO5. The van der Waals surface area contributed by atoms with Crippen LogP contribution in [0.1, 0.15) is 18.4 Å². The van der Waals surface area contributed by atoms with Gasteiger partial charge in [-0.25, -0.2) is 4.79 Å². The number of hydrogen-bond acceptors (Lipinski definition) is 4. The molecule has 2 heterocycles. The van der Waals surface area contributed by atoms with Gasteiger partial charge in [-0.1, -0.05) is 6.07 Å². The first-order chi connectivity index (χ1) is 10.1. The van der Waals surface area contributed by atoms with E-state index >= 15 is 0 Å². The number of nitrogens with zero attached hydrogens (tertiary/aromatic N) is 1. The van der Waals surface area contributed by atoms with Crippen molar-refractivity contribution in [1.82, 2.24) is 4.90 Å². The second-order valence-corrected chi connectivity index (χ2v) is 5.29. The molecule has 1 N–H and O–H groups in total. The molecule has 2 aliphatic rings. The van der Waals surface area contributed by atoms with Crippen molar-refractivity contribution in [3.63, 3.8) is 0 Å². The number of rotatable bonds is 4. The number of aliphatic carboxylic acids is 1. The van der Waals surface area contributed by atoms with E-state index in [2.05, 4.69) is 0 Å². The Hall–Kier alpha value is -2.24. The summed E-state index contributed by atoms with van der Waals surface area (Å²) in [7, 11) is 0. The summed E-state index contributed by atoms with van der Waals surface area (Å²) in [5, 5.41) is 8.95. The van der Waals surface area contributed by atoms with Crippen molar-refractivity contribution in [3.8, 4) is 11.5 Å². The van der Waals surface area contributed by atoms with E-state index in [-0.39, 0.29) is 12.5 Å². The lowest BCUT2D eigenvalue weighted by atomic mass is 10.1. The highest BCUT2D eigenvalue weighted by molar-refractivity contribution is 5.78. The lowest BCUT2D eigenvalue weighted by Gasteiger charge is -2.15. The smallest absolute Gasteiger partial charge is 0.345 e. The van der Waals surface area contributed by atoms with Crippen molar-refractivity contribution in [2.75, 3.05) is 19.7 Å². The van der Waals surface area contributed by atoms with Crippen LogP contribution in [0.2, 0.25) is 0 Å². The standard InChI is InChI=1S/C15H17NO5/c17-14(16-5-1-2-6-16)9-20-11-4-3-10-7-13(15(18)19)21-12(10)8-11/h3-4,8,13H,1-2,5-7,9H2,(H,18,19). The van der Waals surface area contributed by atoms with Crippen LogP contribution in [-0.4, -0.2) is 47.7 Å². The molecule has 0 bridgehead atoms. The Kier molecular flexibility index (Phi) is 3.68. The minimum absolute atomic E-state index is 0.00114. The molecule has 1 unspecified atom stereocenters. The fourth-order valence-electron chi connectivity index (χ4n) is 2.64. The second kappa shape index (κ2) is 5.63. The van der Waals surface area contributed by atoms with Gasteiger partial charge >= 0.3 is 5.97 Å². The lowest BCUT2D eigenvalue weighted by Crippen LogP contribution is -2.32. The second-order valence-electron chi connectivity index (χ2n) is 5.29. The Morgan fingerprint density at radius 2 is 2.10 bits per heavy atom. The largest absolute Gasteiger partial charge is 0.484 e. The van der Waals surface area contributed by atoms with Crippen LogP contribution in [0.15, 0.2) is 18.2 Å². The Morgan fingerprint density at radius 1 is 1.33 bits per heavy atom. The molecule has 0 aromatic heterocycles. The molecule has 0 aliphatic carbocycles. The fourth-order valence-corrected chi connectivity index (χ4v) is 2.64. The first-order valence-electron chi connectivity index (χ1n) is 7.06. The molecule has 21 heavy (non-hydrogen) atoms. The number of carbonyl (C=O) groups is 2. The number of ether oxygens (including phenoxy) is 2. The van der Waals surface area contributed by atoms with Crippen molar-refractivity contribution in [3.05, 3.63) is 23.8 Å². The van der Waals surface area contributed by atoms with Gasteiger partial charge in [-0.15, -0.1) is 0 Å². The lowest BCUT2D eigenvalue weighted by molar-refractivity contribution is -0.144. The van der Waals surface area contributed by atoms with Gasteiger partial charge in [0.25, 0.3) is 5.91 Å². The zero-order valence-electron chi connectivity index (χ0n) is 11.6. The SMILES string of the molecule is O=C(O)C1Cc2ccc(OCC(=O)N3CCCC3)cc2O1. The van der Waals surface area contributed by atoms with Gasteiger partial charge in [0.1, 0.15) is 11.5 Å². The van der Waals surface area contributed by atoms with E-state index in [1.165, 1.54) is 0 Å². The average molecular weight is 291 g/mol. The zero-order chi connectivity index (χ0) is 14.8. The minimum Gasteiger partial charge on any atom is -0.484 e. The van der Waals surface area contributed by atoms with E-state index < -0.39 is 12.1 Å². The van der Waals surface area contributed by atoms with Crippen LogP contribution < -0.4 is 9.47 Å². The predicted molar refractivity (Wildman–Crippen MR) is 73.5 cm³/mol. The number of amides is 1. The highest BCUT2D eigenvalue weighted by Crippen LogP contribution is 2.32. The van der Waals surface area contributed by atoms with Gasteiger partial charge < -0.3 is 19.5 Å².